The third-order valence-electron chi connectivity index (χ3n) is 3.44. The average Bonchev–Trinajstić information content (AvgIpc) is 2.98. The van der Waals surface area contributed by atoms with Crippen molar-refractivity contribution in [1.29, 1.82) is 0 Å². The Balaban J connectivity index is 2.23. The van der Waals surface area contributed by atoms with Crippen molar-refractivity contribution < 1.29 is 0 Å². The molecule has 0 spiro atoms. The fourth-order valence-electron chi connectivity index (χ4n) is 2.59. The molecule has 0 aliphatic carbocycles. The van der Waals surface area contributed by atoms with Gasteiger partial charge in [0.2, 0.25) is 5.95 Å². The van der Waals surface area contributed by atoms with Crippen molar-refractivity contribution >= 4 is 28.4 Å². The molecule has 0 saturated carbocycles. The summed E-state index contributed by atoms with van der Waals surface area (Å²) in [7, 11) is 0. The van der Waals surface area contributed by atoms with E-state index < -0.39 is 0 Å². The lowest BCUT2D eigenvalue weighted by molar-refractivity contribution is 0.455. The molecular weight excluding hydrogens is 268 g/mol. The summed E-state index contributed by atoms with van der Waals surface area (Å²) in [6.07, 6.45) is 1.87. The third kappa shape index (κ3) is 2.08. The van der Waals surface area contributed by atoms with E-state index in [1.165, 1.54) is 4.88 Å². The Morgan fingerprint density at radius 2 is 2.15 bits per heavy atom. The van der Waals surface area contributed by atoms with Crippen LogP contribution in [-0.4, -0.2) is 14.5 Å². The van der Waals surface area contributed by atoms with Gasteiger partial charge in [-0.3, -0.25) is 4.57 Å². The molecule has 3 rings (SSSR count). The van der Waals surface area contributed by atoms with E-state index in [2.05, 4.69) is 45.9 Å². The second-order valence-electron chi connectivity index (χ2n) is 5.40. The van der Waals surface area contributed by atoms with Gasteiger partial charge in [0.15, 0.2) is 5.65 Å². The zero-order valence-electron chi connectivity index (χ0n) is 11.9. The fraction of sp³-hybridized carbons (Fsp3) is 0.333. The minimum Gasteiger partial charge on any atom is -0.369 e. The highest BCUT2D eigenvalue weighted by Gasteiger charge is 2.24. The lowest BCUT2D eigenvalue weighted by Crippen LogP contribution is -2.18. The molecule has 0 amide bonds. The lowest BCUT2D eigenvalue weighted by Gasteiger charge is -2.22. The van der Waals surface area contributed by atoms with E-state index >= 15 is 0 Å². The van der Waals surface area contributed by atoms with Crippen LogP contribution in [0.3, 0.4) is 0 Å². The van der Waals surface area contributed by atoms with Gasteiger partial charge in [-0.05, 0) is 35.9 Å². The van der Waals surface area contributed by atoms with E-state index in [0.717, 1.165) is 16.7 Å². The van der Waals surface area contributed by atoms with Crippen molar-refractivity contribution in [1.82, 2.24) is 14.5 Å². The molecule has 5 heteroatoms. The quantitative estimate of drug-likeness (QED) is 0.800. The first-order chi connectivity index (χ1) is 9.58. The predicted molar refractivity (Wildman–Crippen MR) is 84.0 cm³/mol. The van der Waals surface area contributed by atoms with Gasteiger partial charge in [0.05, 0.1) is 6.04 Å². The Morgan fingerprint density at radius 1 is 1.35 bits per heavy atom. The molecule has 0 fully saturated rings. The first kappa shape index (κ1) is 13.1. The minimum absolute atomic E-state index is 0.176. The third-order valence-corrected chi connectivity index (χ3v) is 4.38. The molecule has 3 aromatic rings. The van der Waals surface area contributed by atoms with Crippen molar-refractivity contribution in [3.8, 4) is 0 Å². The molecule has 3 heterocycles. The number of aromatic nitrogens is 3. The largest absolute Gasteiger partial charge is 0.369 e. The summed E-state index contributed by atoms with van der Waals surface area (Å²) in [5, 5.41) is 2.09. The highest BCUT2D eigenvalue weighted by atomic mass is 32.1. The Hall–Kier alpha value is -1.88. The summed E-state index contributed by atoms with van der Waals surface area (Å²) >= 11 is 1.75. The smallest absolute Gasteiger partial charge is 0.203 e. The molecule has 1 unspecified atom stereocenters. The Kier molecular flexibility index (Phi) is 3.22. The number of thiophene rings is 1. The summed E-state index contributed by atoms with van der Waals surface area (Å²) < 4.78 is 2.06. The van der Waals surface area contributed by atoms with E-state index in [0.29, 0.717) is 11.9 Å². The van der Waals surface area contributed by atoms with Crippen molar-refractivity contribution in [2.24, 2.45) is 5.92 Å². The van der Waals surface area contributed by atoms with Gasteiger partial charge < -0.3 is 5.73 Å². The molecular formula is C15H18N4S. The van der Waals surface area contributed by atoms with Gasteiger partial charge in [-0.15, -0.1) is 11.3 Å². The molecule has 104 valence electrons. The summed E-state index contributed by atoms with van der Waals surface area (Å²) in [5.41, 5.74) is 8.99. The SMILES string of the molecule is Cc1cnc2c(c1)nc(N)n2C(c1cccs1)C(C)C. The molecule has 4 nitrogen and oxygen atoms in total. The van der Waals surface area contributed by atoms with E-state index in [9.17, 15) is 0 Å². The summed E-state index contributed by atoms with van der Waals surface area (Å²) in [5.74, 6) is 0.946. The molecule has 2 N–H and O–H groups in total. The number of fused-ring (bicyclic) bond motifs is 1. The monoisotopic (exact) mass is 286 g/mol. The molecule has 20 heavy (non-hydrogen) atoms. The number of hydrogen-bond donors (Lipinski definition) is 1. The average molecular weight is 286 g/mol. The number of pyridine rings is 1. The van der Waals surface area contributed by atoms with Crippen LogP contribution < -0.4 is 5.73 Å². The second kappa shape index (κ2) is 4.90. The lowest BCUT2D eigenvalue weighted by atomic mass is 10.0. The Bertz CT molecular complexity index is 728. The summed E-state index contributed by atoms with van der Waals surface area (Å²) in [6.45, 7) is 6.41. The highest BCUT2D eigenvalue weighted by Crippen LogP contribution is 2.34. The van der Waals surface area contributed by atoms with Crippen LogP contribution in [-0.2, 0) is 0 Å². The highest BCUT2D eigenvalue weighted by molar-refractivity contribution is 7.10. The van der Waals surface area contributed by atoms with Crippen LogP contribution in [0.2, 0.25) is 0 Å². The van der Waals surface area contributed by atoms with E-state index in [-0.39, 0.29) is 6.04 Å². The van der Waals surface area contributed by atoms with Crippen LogP contribution in [0.4, 0.5) is 5.95 Å². The van der Waals surface area contributed by atoms with Crippen LogP contribution >= 0.6 is 11.3 Å². The molecule has 0 bridgehead atoms. The Labute approximate surface area is 122 Å². The van der Waals surface area contributed by atoms with Gasteiger partial charge in [-0.2, -0.15) is 0 Å². The first-order valence-electron chi connectivity index (χ1n) is 6.71. The zero-order valence-corrected chi connectivity index (χ0v) is 12.7. The van der Waals surface area contributed by atoms with Crippen molar-refractivity contribution in [2.45, 2.75) is 26.8 Å². The van der Waals surface area contributed by atoms with Crippen molar-refractivity contribution in [2.75, 3.05) is 5.73 Å². The molecule has 0 aromatic carbocycles. The van der Waals surface area contributed by atoms with Gasteiger partial charge in [0.1, 0.15) is 5.52 Å². The number of nitrogens with two attached hydrogens (primary N) is 1. The topological polar surface area (TPSA) is 56.7 Å². The van der Waals surface area contributed by atoms with Gasteiger partial charge >= 0.3 is 0 Å². The van der Waals surface area contributed by atoms with E-state index in [1.54, 1.807) is 11.3 Å². The number of hydrogen-bond acceptors (Lipinski definition) is 4. The number of aryl methyl sites for hydroxylation is 1. The molecule has 0 aliphatic heterocycles. The maximum Gasteiger partial charge on any atom is 0.203 e. The van der Waals surface area contributed by atoms with Gasteiger partial charge in [0.25, 0.3) is 0 Å². The summed E-state index contributed by atoms with van der Waals surface area (Å²) in [4.78, 5) is 10.3. The number of rotatable bonds is 3. The number of anilines is 1. The van der Waals surface area contributed by atoms with Crippen LogP contribution in [0.25, 0.3) is 11.2 Å². The molecule has 3 aromatic heterocycles. The molecule has 0 aliphatic rings. The number of nitrogen functional groups attached to an aromatic ring is 1. The van der Waals surface area contributed by atoms with E-state index in [1.807, 2.05) is 19.2 Å². The van der Waals surface area contributed by atoms with Crippen LogP contribution in [0, 0.1) is 12.8 Å². The van der Waals surface area contributed by atoms with E-state index in [4.69, 9.17) is 5.73 Å². The van der Waals surface area contributed by atoms with Gasteiger partial charge in [-0.1, -0.05) is 19.9 Å². The number of nitrogens with zero attached hydrogens (tertiary/aromatic N) is 3. The maximum atomic E-state index is 6.16. The van der Waals surface area contributed by atoms with Gasteiger partial charge in [0, 0.05) is 11.1 Å². The predicted octanol–water partition coefficient (Wildman–Crippen LogP) is 3.63. The van der Waals surface area contributed by atoms with Crippen LogP contribution in [0.15, 0.2) is 29.8 Å². The minimum atomic E-state index is 0.176. The maximum absolute atomic E-state index is 6.16. The fourth-order valence-corrected chi connectivity index (χ4v) is 3.58. The number of imidazole rings is 1. The molecule has 0 saturated heterocycles. The molecule has 1 atom stereocenters. The normalized spacial score (nSPS) is 13.2. The Morgan fingerprint density at radius 3 is 2.80 bits per heavy atom. The first-order valence-corrected chi connectivity index (χ1v) is 7.59. The molecule has 0 radical (unpaired) electrons. The van der Waals surface area contributed by atoms with Crippen LogP contribution in [0.1, 0.15) is 30.3 Å². The van der Waals surface area contributed by atoms with Crippen LogP contribution in [0.5, 0.6) is 0 Å². The van der Waals surface area contributed by atoms with Crippen molar-refractivity contribution in [3.05, 3.63) is 40.2 Å². The standard InChI is InChI=1S/C15H18N4S/c1-9(2)13(12-5-4-6-20-12)19-14-11(18-15(19)16)7-10(3)8-17-14/h4-9,13H,1-3H3,(H2,16,18). The zero-order chi connectivity index (χ0) is 14.3. The van der Waals surface area contributed by atoms with Crippen molar-refractivity contribution in [3.63, 3.8) is 0 Å². The van der Waals surface area contributed by atoms with Gasteiger partial charge in [-0.25, -0.2) is 9.97 Å². The summed E-state index contributed by atoms with van der Waals surface area (Å²) in [6, 6.07) is 6.42. The second-order valence-corrected chi connectivity index (χ2v) is 6.38.